The second kappa shape index (κ2) is 5.69. The van der Waals surface area contributed by atoms with Crippen LogP contribution in [0, 0.1) is 6.92 Å². The number of amides is 1. The SMILES string of the molecule is Cc1nc(Cl)nc2c1NC(=O)C(CCc1ccccc1)N2. The third-order valence-corrected chi connectivity index (χ3v) is 3.67. The van der Waals surface area contributed by atoms with Crippen LogP contribution in [-0.4, -0.2) is 21.9 Å². The van der Waals surface area contributed by atoms with Crippen LogP contribution in [-0.2, 0) is 11.2 Å². The average Bonchev–Trinajstić information content (AvgIpc) is 2.47. The lowest BCUT2D eigenvalue weighted by Crippen LogP contribution is -2.40. The van der Waals surface area contributed by atoms with Gasteiger partial charge in [0.2, 0.25) is 11.2 Å². The van der Waals surface area contributed by atoms with Crippen molar-refractivity contribution in [3.63, 3.8) is 0 Å². The summed E-state index contributed by atoms with van der Waals surface area (Å²) in [4.78, 5) is 20.3. The Morgan fingerprint density at radius 2 is 2.00 bits per heavy atom. The summed E-state index contributed by atoms with van der Waals surface area (Å²) in [5.41, 5.74) is 2.47. The summed E-state index contributed by atoms with van der Waals surface area (Å²) in [7, 11) is 0. The molecule has 6 heteroatoms. The summed E-state index contributed by atoms with van der Waals surface area (Å²) in [5, 5.41) is 6.19. The van der Waals surface area contributed by atoms with Gasteiger partial charge in [-0.25, -0.2) is 4.98 Å². The molecule has 0 aliphatic carbocycles. The second-order valence-electron chi connectivity index (χ2n) is 5.01. The summed E-state index contributed by atoms with van der Waals surface area (Å²) in [6.07, 6.45) is 1.51. The molecule has 1 aliphatic heterocycles. The first-order valence-corrected chi connectivity index (χ1v) is 7.17. The fourth-order valence-corrected chi connectivity index (χ4v) is 2.60. The molecule has 1 unspecified atom stereocenters. The highest BCUT2D eigenvalue weighted by Crippen LogP contribution is 2.29. The predicted octanol–water partition coefficient (Wildman–Crippen LogP) is 2.80. The third kappa shape index (κ3) is 2.97. The molecule has 0 spiro atoms. The fraction of sp³-hybridized carbons (Fsp3) is 0.267. The molecule has 108 valence electrons. The molecule has 2 heterocycles. The van der Waals surface area contributed by atoms with Gasteiger partial charge in [-0.3, -0.25) is 4.79 Å². The van der Waals surface area contributed by atoms with Crippen molar-refractivity contribution in [2.75, 3.05) is 10.6 Å². The van der Waals surface area contributed by atoms with Gasteiger partial charge in [0.1, 0.15) is 11.7 Å². The maximum atomic E-state index is 12.2. The molecule has 2 N–H and O–H groups in total. The van der Waals surface area contributed by atoms with Gasteiger partial charge in [0, 0.05) is 0 Å². The second-order valence-corrected chi connectivity index (χ2v) is 5.35. The summed E-state index contributed by atoms with van der Waals surface area (Å²) < 4.78 is 0. The van der Waals surface area contributed by atoms with Crippen LogP contribution in [0.4, 0.5) is 11.5 Å². The zero-order valence-electron chi connectivity index (χ0n) is 11.6. The Hall–Kier alpha value is -2.14. The summed E-state index contributed by atoms with van der Waals surface area (Å²) in [6, 6.07) is 9.76. The third-order valence-electron chi connectivity index (χ3n) is 3.50. The number of hydrogen-bond donors (Lipinski definition) is 2. The van der Waals surface area contributed by atoms with Crippen LogP contribution in [0.1, 0.15) is 17.7 Å². The van der Waals surface area contributed by atoms with Gasteiger partial charge in [0.15, 0.2) is 5.82 Å². The van der Waals surface area contributed by atoms with Crippen molar-refractivity contribution in [2.24, 2.45) is 0 Å². The molecule has 2 aromatic rings. The highest BCUT2D eigenvalue weighted by atomic mass is 35.5. The number of hydrogen-bond acceptors (Lipinski definition) is 4. The normalized spacial score (nSPS) is 16.9. The Labute approximate surface area is 127 Å². The quantitative estimate of drug-likeness (QED) is 0.856. The first-order valence-electron chi connectivity index (χ1n) is 6.79. The maximum absolute atomic E-state index is 12.2. The first-order chi connectivity index (χ1) is 10.1. The minimum Gasteiger partial charge on any atom is -0.356 e. The fourth-order valence-electron chi connectivity index (χ4n) is 2.39. The van der Waals surface area contributed by atoms with E-state index in [0.29, 0.717) is 23.6 Å². The standard InChI is InChI=1S/C15H15ClN4O/c1-9-12-13(20-15(16)17-9)18-11(14(21)19-12)8-7-10-5-3-2-4-6-10/h2-6,11H,7-8H2,1H3,(H,19,21)(H,17,18,20). The topological polar surface area (TPSA) is 66.9 Å². The van der Waals surface area contributed by atoms with Crippen molar-refractivity contribution in [3.05, 3.63) is 46.9 Å². The number of anilines is 2. The van der Waals surface area contributed by atoms with E-state index < -0.39 is 0 Å². The molecular formula is C15H15ClN4O. The molecule has 1 aromatic carbocycles. The Morgan fingerprint density at radius 3 is 2.76 bits per heavy atom. The van der Waals surface area contributed by atoms with E-state index in [1.165, 1.54) is 5.56 Å². The van der Waals surface area contributed by atoms with Gasteiger partial charge in [0.25, 0.3) is 0 Å². The molecule has 1 aliphatic rings. The minimum absolute atomic E-state index is 0.0625. The molecule has 1 aromatic heterocycles. The molecule has 0 fully saturated rings. The largest absolute Gasteiger partial charge is 0.356 e. The molecule has 21 heavy (non-hydrogen) atoms. The number of nitrogens with one attached hydrogen (secondary N) is 2. The van der Waals surface area contributed by atoms with E-state index in [-0.39, 0.29) is 17.2 Å². The van der Waals surface area contributed by atoms with Crippen LogP contribution >= 0.6 is 11.6 Å². The van der Waals surface area contributed by atoms with Gasteiger partial charge in [-0.1, -0.05) is 30.3 Å². The Balaban J connectivity index is 1.75. The van der Waals surface area contributed by atoms with Gasteiger partial charge < -0.3 is 10.6 Å². The number of halogens is 1. The van der Waals surface area contributed by atoms with Crippen molar-refractivity contribution in [1.82, 2.24) is 9.97 Å². The highest BCUT2D eigenvalue weighted by molar-refractivity contribution is 6.28. The lowest BCUT2D eigenvalue weighted by Gasteiger charge is -2.26. The van der Waals surface area contributed by atoms with E-state index in [1.54, 1.807) is 6.92 Å². The zero-order valence-corrected chi connectivity index (χ0v) is 12.3. The van der Waals surface area contributed by atoms with Crippen LogP contribution in [0.5, 0.6) is 0 Å². The number of rotatable bonds is 3. The monoisotopic (exact) mass is 302 g/mol. The summed E-state index contributed by atoms with van der Waals surface area (Å²) >= 11 is 5.86. The lowest BCUT2D eigenvalue weighted by molar-refractivity contribution is -0.117. The number of aryl methyl sites for hydroxylation is 2. The van der Waals surface area contributed by atoms with Crippen molar-refractivity contribution in [3.8, 4) is 0 Å². The number of carbonyl (C=O) groups is 1. The van der Waals surface area contributed by atoms with Crippen molar-refractivity contribution >= 4 is 29.0 Å². The zero-order chi connectivity index (χ0) is 14.8. The van der Waals surface area contributed by atoms with Gasteiger partial charge >= 0.3 is 0 Å². The Morgan fingerprint density at radius 1 is 1.24 bits per heavy atom. The van der Waals surface area contributed by atoms with Crippen molar-refractivity contribution < 1.29 is 4.79 Å². The number of aromatic nitrogens is 2. The Kier molecular flexibility index (Phi) is 3.75. The first kappa shape index (κ1) is 13.8. The van der Waals surface area contributed by atoms with Crippen LogP contribution in [0.2, 0.25) is 5.28 Å². The lowest BCUT2D eigenvalue weighted by atomic mass is 10.0. The molecule has 0 saturated heterocycles. The molecule has 5 nitrogen and oxygen atoms in total. The van der Waals surface area contributed by atoms with Crippen LogP contribution in [0.15, 0.2) is 30.3 Å². The van der Waals surface area contributed by atoms with Gasteiger partial charge in [-0.2, -0.15) is 4.98 Å². The number of carbonyl (C=O) groups excluding carboxylic acids is 1. The van der Waals surface area contributed by atoms with E-state index >= 15 is 0 Å². The number of nitrogens with zero attached hydrogens (tertiary/aromatic N) is 2. The van der Waals surface area contributed by atoms with Gasteiger partial charge in [-0.05, 0) is 36.9 Å². The van der Waals surface area contributed by atoms with Crippen LogP contribution in [0.3, 0.4) is 0 Å². The summed E-state index contributed by atoms with van der Waals surface area (Å²) in [6.45, 7) is 1.79. The minimum atomic E-state index is -0.317. The van der Waals surface area contributed by atoms with Crippen molar-refractivity contribution in [1.29, 1.82) is 0 Å². The molecule has 1 atom stereocenters. The molecule has 3 rings (SSSR count). The van der Waals surface area contributed by atoms with E-state index in [0.717, 1.165) is 6.42 Å². The van der Waals surface area contributed by atoms with Crippen molar-refractivity contribution in [2.45, 2.75) is 25.8 Å². The predicted molar refractivity (Wildman–Crippen MR) is 82.6 cm³/mol. The average molecular weight is 303 g/mol. The number of benzene rings is 1. The van der Waals surface area contributed by atoms with E-state index in [1.807, 2.05) is 18.2 Å². The van der Waals surface area contributed by atoms with E-state index in [4.69, 9.17) is 11.6 Å². The Bertz CT molecular complexity index is 675. The molecular weight excluding hydrogens is 288 g/mol. The smallest absolute Gasteiger partial charge is 0.247 e. The molecule has 1 amide bonds. The maximum Gasteiger partial charge on any atom is 0.247 e. The number of fused-ring (bicyclic) bond motifs is 1. The molecule has 0 radical (unpaired) electrons. The highest BCUT2D eigenvalue weighted by Gasteiger charge is 2.27. The van der Waals surface area contributed by atoms with Crippen LogP contribution < -0.4 is 10.6 Å². The van der Waals surface area contributed by atoms with E-state index in [9.17, 15) is 4.79 Å². The van der Waals surface area contributed by atoms with Crippen LogP contribution in [0.25, 0.3) is 0 Å². The van der Waals surface area contributed by atoms with E-state index in [2.05, 4.69) is 32.7 Å². The molecule has 0 bridgehead atoms. The van der Waals surface area contributed by atoms with Gasteiger partial charge in [-0.15, -0.1) is 0 Å². The van der Waals surface area contributed by atoms with Gasteiger partial charge in [0.05, 0.1) is 5.69 Å². The summed E-state index contributed by atoms with van der Waals surface area (Å²) in [5.74, 6) is 0.526. The molecule has 0 saturated carbocycles.